The van der Waals surface area contributed by atoms with Crippen LogP contribution in [0, 0.1) is 11.7 Å². The van der Waals surface area contributed by atoms with Crippen molar-refractivity contribution >= 4 is 15.5 Å². The highest BCUT2D eigenvalue weighted by atomic mass is 32.2. The quantitative estimate of drug-likeness (QED) is 0.653. The van der Waals surface area contributed by atoms with Crippen molar-refractivity contribution in [2.45, 2.75) is 31.6 Å². The molecule has 17 heavy (non-hydrogen) atoms. The average Bonchev–Trinajstić information content (AvgIpc) is 2.15. The summed E-state index contributed by atoms with van der Waals surface area (Å²) in [5, 5.41) is 0. The van der Waals surface area contributed by atoms with Gasteiger partial charge in [-0.15, -0.1) is 0 Å². The van der Waals surface area contributed by atoms with Crippen molar-refractivity contribution in [1.29, 1.82) is 0 Å². The number of benzene rings is 1. The Labute approximate surface area is 102 Å². The van der Waals surface area contributed by atoms with Crippen LogP contribution in [0.2, 0.25) is 0 Å². The molecule has 0 fully saturated rings. The molecule has 1 aromatic rings. The molecule has 0 aliphatic heterocycles. The van der Waals surface area contributed by atoms with E-state index in [1.807, 2.05) is 13.8 Å². The number of nitrogens with two attached hydrogens (primary N) is 1. The third-order valence-corrected chi connectivity index (χ3v) is 4.37. The fourth-order valence-corrected chi connectivity index (χ4v) is 3.05. The van der Waals surface area contributed by atoms with Crippen LogP contribution in [0.5, 0.6) is 0 Å². The molecule has 96 valence electrons. The minimum absolute atomic E-state index is 0.0189. The Balaban J connectivity index is 2.83. The summed E-state index contributed by atoms with van der Waals surface area (Å²) in [6, 6.07) is 3.39. The van der Waals surface area contributed by atoms with Crippen molar-refractivity contribution in [3.63, 3.8) is 0 Å². The van der Waals surface area contributed by atoms with Crippen molar-refractivity contribution in [2.24, 2.45) is 5.92 Å². The number of hydrogen-bond acceptors (Lipinski definition) is 3. The van der Waals surface area contributed by atoms with Crippen LogP contribution in [0.3, 0.4) is 0 Å². The van der Waals surface area contributed by atoms with E-state index in [0.29, 0.717) is 12.3 Å². The Morgan fingerprint density at radius 3 is 2.53 bits per heavy atom. The van der Waals surface area contributed by atoms with E-state index in [1.54, 1.807) is 0 Å². The van der Waals surface area contributed by atoms with Gasteiger partial charge < -0.3 is 5.73 Å². The summed E-state index contributed by atoms with van der Waals surface area (Å²) in [6.45, 7) is 4.08. The number of sulfone groups is 1. The smallest absolute Gasteiger partial charge is 0.180 e. The first kappa shape index (κ1) is 14.0. The SMILES string of the molecule is CC(C)CCCS(=O)(=O)c1ccc(F)cc1N. The summed E-state index contributed by atoms with van der Waals surface area (Å²) in [5.41, 5.74) is 5.50. The van der Waals surface area contributed by atoms with Crippen LogP contribution < -0.4 is 5.73 Å². The predicted octanol–water partition coefficient (Wildman–Crippen LogP) is 2.62. The summed E-state index contributed by atoms with van der Waals surface area (Å²) in [4.78, 5) is 0.0302. The first-order chi connectivity index (χ1) is 7.83. The van der Waals surface area contributed by atoms with E-state index in [-0.39, 0.29) is 16.3 Å². The van der Waals surface area contributed by atoms with Gasteiger partial charge in [0.05, 0.1) is 16.3 Å². The summed E-state index contributed by atoms with van der Waals surface area (Å²) in [5.74, 6) is 0.000444. The predicted molar refractivity (Wildman–Crippen MR) is 66.9 cm³/mol. The van der Waals surface area contributed by atoms with E-state index < -0.39 is 15.7 Å². The molecule has 0 aromatic heterocycles. The molecule has 0 heterocycles. The summed E-state index contributed by atoms with van der Waals surface area (Å²) in [7, 11) is -3.40. The van der Waals surface area contributed by atoms with Crippen LogP contribution in [-0.4, -0.2) is 14.2 Å². The molecule has 0 saturated heterocycles. The highest BCUT2D eigenvalue weighted by Gasteiger charge is 2.17. The van der Waals surface area contributed by atoms with Crippen molar-refractivity contribution < 1.29 is 12.8 Å². The Hall–Kier alpha value is -1.10. The number of hydrogen-bond donors (Lipinski definition) is 1. The minimum Gasteiger partial charge on any atom is -0.398 e. The lowest BCUT2D eigenvalue weighted by Gasteiger charge is -2.08. The third kappa shape index (κ3) is 4.00. The molecule has 2 N–H and O–H groups in total. The maximum Gasteiger partial charge on any atom is 0.180 e. The van der Waals surface area contributed by atoms with Gasteiger partial charge in [0, 0.05) is 0 Å². The molecule has 0 aliphatic rings. The number of rotatable bonds is 5. The summed E-state index contributed by atoms with van der Waals surface area (Å²) in [6.07, 6.45) is 1.44. The Morgan fingerprint density at radius 2 is 2.00 bits per heavy atom. The van der Waals surface area contributed by atoms with Crippen molar-refractivity contribution in [3.8, 4) is 0 Å². The topological polar surface area (TPSA) is 60.2 Å². The maximum atomic E-state index is 12.8. The molecular weight excluding hydrogens is 241 g/mol. The third-order valence-electron chi connectivity index (χ3n) is 2.50. The molecule has 0 bridgehead atoms. The number of anilines is 1. The number of nitrogen functional groups attached to an aromatic ring is 1. The minimum atomic E-state index is -3.40. The lowest BCUT2D eigenvalue weighted by atomic mass is 10.1. The largest absolute Gasteiger partial charge is 0.398 e. The van der Waals surface area contributed by atoms with E-state index in [9.17, 15) is 12.8 Å². The van der Waals surface area contributed by atoms with E-state index >= 15 is 0 Å². The fourth-order valence-electron chi connectivity index (χ4n) is 1.59. The standard InChI is InChI=1S/C12H18FNO2S/c1-9(2)4-3-7-17(15,16)12-6-5-10(13)8-11(12)14/h5-6,8-9H,3-4,7,14H2,1-2H3. The second-order valence-electron chi connectivity index (χ2n) is 4.54. The van der Waals surface area contributed by atoms with Crippen LogP contribution in [0.1, 0.15) is 26.7 Å². The van der Waals surface area contributed by atoms with Crippen LogP contribution in [0.4, 0.5) is 10.1 Å². The lowest BCUT2D eigenvalue weighted by Crippen LogP contribution is -2.10. The van der Waals surface area contributed by atoms with E-state index in [1.165, 1.54) is 6.07 Å². The molecule has 5 heteroatoms. The normalized spacial score (nSPS) is 12.0. The summed E-state index contributed by atoms with van der Waals surface area (Å²) >= 11 is 0. The molecule has 0 atom stereocenters. The van der Waals surface area contributed by atoms with Gasteiger partial charge in [0.2, 0.25) is 0 Å². The van der Waals surface area contributed by atoms with Gasteiger partial charge in [-0.3, -0.25) is 0 Å². The molecule has 0 amide bonds. The molecule has 0 saturated carbocycles. The van der Waals surface area contributed by atoms with Gasteiger partial charge in [-0.25, -0.2) is 12.8 Å². The highest BCUT2D eigenvalue weighted by molar-refractivity contribution is 7.91. The molecule has 1 aromatic carbocycles. The van der Waals surface area contributed by atoms with Gasteiger partial charge in [0.1, 0.15) is 5.82 Å². The molecule has 0 aliphatic carbocycles. The Bertz CT molecular complexity index is 483. The molecule has 1 rings (SSSR count). The zero-order valence-electron chi connectivity index (χ0n) is 10.1. The van der Waals surface area contributed by atoms with Crippen molar-refractivity contribution in [1.82, 2.24) is 0 Å². The molecule has 3 nitrogen and oxygen atoms in total. The average molecular weight is 259 g/mol. The van der Waals surface area contributed by atoms with Crippen LogP contribution in [0.15, 0.2) is 23.1 Å². The maximum absolute atomic E-state index is 12.8. The van der Waals surface area contributed by atoms with Gasteiger partial charge >= 0.3 is 0 Å². The van der Waals surface area contributed by atoms with E-state index in [2.05, 4.69) is 0 Å². The molecule has 0 unspecified atom stereocenters. The van der Waals surface area contributed by atoms with Gasteiger partial charge in [0.25, 0.3) is 0 Å². The van der Waals surface area contributed by atoms with Gasteiger partial charge in [-0.05, 0) is 37.0 Å². The van der Waals surface area contributed by atoms with E-state index in [0.717, 1.165) is 18.6 Å². The number of halogens is 1. The van der Waals surface area contributed by atoms with Gasteiger partial charge in [0.15, 0.2) is 9.84 Å². The summed E-state index contributed by atoms with van der Waals surface area (Å²) < 4.78 is 36.7. The van der Waals surface area contributed by atoms with Crippen LogP contribution in [0.25, 0.3) is 0 Å². The van der Waals surface area contributed by atoms with Crippen LogP contribution in [-0.2, 0) is 9.84 Å². The molecule has 0 spiro atoms. The van der Waals surface area contributed by atoms with Gasteiger partial charge in [-0.2, -0.15) is 0 Å². The van der Waals surface area contributed by atoms with Crippen LogP contribution >= 0.6 is 0 Å². The monoisotopic (exact) mass is 259 g/mol. The second-order valence-corrected chi connectivity index (χ2v) is 6.61. The Kier molecular flexibility index (Phi) is 4.51. The first-order valence-corrected chi connectivity index (χ1v) is 7.26. The highest BCUT2D eigenvalue weighted by Crippen LogP contribution is 2.21. The first-order valence-electron chi connectivity index (χ1n) is 5.60. The zero-order chi connectivity index (χ0) is 13.1. The fraction of sp³-hybridized carbons (Fsp3) is 0.500. The molecule has 0 radical (unpaired) electrons. The molecular formula is C12H18FNO2S. The van der Waals surface area contributed by atoms with E-state index in [4.69, 9.17) is 5.73 Å². The zero-order valence-corrected chi connectivity index (χ0v) is 10.9. The lowest BCUT2D eigenvalue weighted by molar-refractivity contribution is 0.560. The second kappa shape index (κ2) is 5.49. The van der Waals surface area contributed by atoms with Gasteiger partial charge in [-0.1, -0.05) is 13.8 Å². The van der Waals surface area contributed by atoms with Crippen molar-refractivity contribution in [3.05, 3.63) is 24.0 Å². The van der Waals surface area contributed by atoms with Crippen molar-refractivity contribution in [2.75, 3.05) is 11.5 Å². The Morgan fingerprint density at radius 1 is 1.35 bits per heavy atom.